The van der Waals surface area contributed by atoms with E-state index in [1.165, 1.54) is 89.9 Å². The molecule has 0 aromatic heterocycles. The molecular weight excluding hydrogens is 700 g/mol. The molecule has 2 unspecified atom stereocenters. The van der Waals surface area contributed by atoms with Crippen LogP contribution in [0, 0.1) is 0 Å². The molecule has 0 aromatic rings. The summed E-state index contributed by atoms with van der Waals surface area (Å²) in [6.45, 7) is 4.91. The summed E-state index contributed by atoms with van der Waals surface area (Å²) in [5.74, 6) is -0.827. The Kier molecular flexibility index (Phi) is 33.7. The van der Waals surface area contributed by atoms with Crippen LogP contribution in [-0.2, 0) is 28.5 Å². The quantitative estimate of drug-likeness (QED) is 0.0208. The van der Waals surface area contributed by atoms with Gasteiger partial charge in [0.15, 0.2) is 12.4 Å². The summed E-state index contributed by atoms with van der Waals surface area (Å²) >= 11 is 0. The molecule has 0 aromatic carbocycles. The van der Waals surface area contributed by atoms with Gasteiger partial charge in [-0.2, -0.15) is 0 Å². The maximum Gasteiger partial charge on any atom is 0.306 e. The number of hydrogen-bond acceptors (Lipinski definition) is 10. The van der Waals surface area contributed by atoms with Gasteiger partial charge in [-0.15, -0.1) is 12.3 Å². The van der Waals surface area contributed by atoms with E-state index in [-0.39, 0.29) is 26.1 Å². The third-order valence-electron chi connectivity index (χ3n) is 10.2. The molecule has 55 heavy (non-hydrogen) atoms. The van der Waals surface area contributed by atoms with Crippen molar-refractivity contribution in [2.24, 2.45) is 0 Å². The van der Waals surface area contributed by atoms with Crippen LogP contribution >= 0.6 is 0 Å². The highest BCUT2D eigenvalue weighted by atomic mass is 16.7. The van der Waals surface area contributed by atoms with E-state index in [1.807, 2.05) is 6.08 Å². The zero-order chi connectivity index (χ0) is 40.2. The summed E-state index contributed by atoms with van der Waals surface area (Å²) in [6.07, 6.45) is 28.5. The molecule has 4 N–H and O–H groups in total. The zero-order valence-electron chi connectivity index (χ0n) is 34.6. The highest BCUT2D eigenvalue weighted by Crippen LogP contribution is 2.23. The van der Waals surface area contributed by atoms with E-state index in [0.717, 1.165) is 64.2 Å². The van der Waals surface area contributed by atoms with Gasteiger partial charge in [0.1, 0.15) is 31.0 Å². The molecule has 1 heterocycles. The summed E-state index contributed by atoms with van der Waals surface area (Å²) in [5.41, 5.74) is 3.29. The van der Waals surface area contributed by atoms with Crippen molar-refractivity contribution in [3.8, 4) is 0 Å². The van der Waals surface area contributed by atoms with Gasteiger partial charge in [0.25, 0.3) is 0 Å². The summed E-state index contributed by atoms with van der Waals surface area (Å²) in [7, 11) is 0. The smallest absolute Gasteiger partial charge is 0.306 e. The Morgan fingerprint density at radius 2 is 1.11 bits per heavy atom. The van der Waals surface area contributed by atoms with Crippen LogP contribution < -0.4 is 0 Å². The van der Waals surface area contributed by atoms with Crippen LogP contribution in [0.2, 0.25) is 0 Å². The molecule has 0 spiro atoms. The topological polar surface area (TPSA) is 152 Å². The molecule has 0 aliphatic carbocycles. The van der Waals surface area contributed by atoms with E-state index in [9.17, 15) is 30.0 Å². The minimum absolute atomic E-state index is 0.225. The number of rotatable bonds is 37. The molecule has 1 fully saturated rings. The van der Waals surface area contributed by atoms with Crippen LogP contribution in [0.3, 0.4) is 0 Å². The Morgan fingerprint density at radius 1 is 0.636 bits per heavy atom. The number of esters is 2. The normalized spacial score (nSPS) is 20.1. The van der Waals surface area contributed by atoms with Gasteiger partial charge in [0, 0.05) is 12.8 Å². The van der Waals surface area contributed by atoms with Crippen molar-refractivity contribution in [2.75, 3.05) is 19.8 Å². The number of carbonyl (C=O) groups excluding carboxylic acids is 2. The first-order chi connectivity index (χ1) is 26.8. The van der Waals surface area contributed by atoms with Crippen LogP contribution in [0.4, 0.5) is 0 Å². The fourth-order valence-corrected chi connectivity index (χ4v) is 6.67. The maximum absolute atomic E-state index is 12.8. The molecule has 0 saturated carbocycles. The Bertz CT molecular complexity index is 994. The average molecular weight is 781 g/mol. The van der Waals surface area contributed by atoms with Gasteiger partial charge in [0.2, 0.25) is 0 Å². The predicted octanol–water partition coefficient (Wildman–Crippen LogP) is 9.10. The van der Waals surface area contributed by atoms with Crippen molar-refractivity contribution in [3.63, 3.8) is 0 Å². The third-order valence-corrected chi connectivity index (χ3v) is 10.2. The van der Waals surface area contributed by atoms with Gasteiger partial charge >= 0.3 is 11.9 Å². The lowest BCUT2D eigenvalue weighted by molar-refractivity contribution is -0.305. The zero-order valence-corrected chi connectivity index (χ0v) is 34.6. The van der Waals surface area contributed by atoms with E-state index < -0.39 is 55.4 Å². The fraction of sp³-hybridized carbons (Fsp3) is 0.844. The summed E-state index contributed by atoms with van der Waals surface area (Å²) in [5, 5.41) is 40.0. The lowest BCUT2D eigenvalue weighted by Gasteiger charge is -2.39. The monoisotopic (exact) mass is 781 g/mol. The van der Waals surface area contributed by atoms with Crippen LogP contribution in [0.1, 0.15) is 187 Å². The lowest BCUT2D eigenvalue weighted by Crippen LogP contribution is -2.59. The molecule has 1 saturated heterocycles. The number of unbranched alkanes of at least 4 members (excludes halogenated alkanes) is 23. The second kappa shape index (κ2) is 36.3. The SMILES string of the molecule is C=CCCCCCCCCCCCCCCCC(=O)O[C@@H](COC(=O)CCCCCCCC=C=CCCCCCCC)CO[C@H]1O[C@@H](CO)[C@@H](O)C(O)C1O. The van der Waals surface area contributed by atoms with Gasteiger partial charge in [-0.25, -0.2) is 0 Å². The molecule has 1 rings (SSSR count). The van der Waals surface area contributed by atoms with E-state index >= 15 is 0 Å². The van der Waals surface area contributed by atoms with Crippen LogP contribution in [0.5, 0.6) is 0 Å². The third kappa shape index (κ3) is 28.1. The Hall–Kier alpha value is -2.04. The number of allylic oxidation sites excluding steroid dienone is 2. The van der Waals surface area contributed by atoms with E-state index in [1.54, 1.807) is 0 Å². The van der Waals surface area contributed by atoms with Gasteiger partial charge in [0.05, 0.1) is 13.2 Å². The summed E-state index contributed by atoms with van der Waals surface area (Å²) in [6, 6.07) is 0. The van der Waals surface area contributed by atoms with Gasteiger partial charge in [-0.1, -0.05) is 129 Å². The molecule has 320 valence electrons. The Balaban J connectivity index is 2.34. The maximum atomic E-state index is 12.8. The van der Waals surface area contributed by atoms with Crippen molar-refractivity contribution < 1.29 is 49.0 Å². The van der Waals surface area contributed by atoms with Crippen LogP contribution in [0.25, 0.3) is 0 Å². The van der Waals surface area contributed by atoms with Gasteiger partial charge < -0.3 is 39.4 Å². The lowest BCUT2D eigenvalue weighted by atomic mass is 9.99. The number of aliphatic hydroxyl groups is 4. The summed E-state index contributed by atoms with van der Waals surface area (Å²) < 4.78 is 22.1. The number of aliphatic hydroxyl groups excluding tert-OH is 4. The van der Waals surface area contributed by atoms with Crippen LogP contribution in [0.15, 0.2) is 30.5 Å². The number of carbonyl (C=O) groups is 2. The van der Waals surface area contributed by atoms with Gasteiger partial charge in [-0.05, 0) is 63.5 Å². The Morgan fingerprint density at radius 3 is 1.62 bits per heavy atom. The van der Waals surface area contributed by atoms with E-state index in [4.69, 9.17) is 18.9 Å². The average Bonchev–Trinajstić information content (AvgIpc) is 3.18. The second-order valence-corrected chi connectivity index (χ2v) is 15.3. The number of hydrogen-bond donors (Lipinski definition) is 4. The second-order valence-electron chi connectivity index (χ2n) is 15.3. The molecule has 0 amide bonds. The molecular formula is C45H80O10. The molecule has 10 heteroatoms. The highest BCUT2D eigenvalue weighted by molar-refractivity contribution is 5.70. The molecule has 0 radical (unpaired) electrons. The van der Waals surface area contributed by atoms with Crippen LogP contribution in [-0.4, -0.2) is 89.0 Å². The van der Waals surface area contributed by atoms with Crippen molar-refractivity contribution in [2.45, 2.75) is 224 Å². The molecule has 1 aliphatic heterocycles. The minimum Gasteiger partial charge on any atom is -0.462 e. The first kappa shape index (κ1) is 51.0. The molecule has 10 nitrogen and oxygen atoms in total. The first-order valence-electron chi connectivity index (χ1n) is 22.1. The van der Waals surface area contributed by atoms with Crippen molar-refractivity contribution >= 4 is 11.9 Å². The first-order valence-corrected chi connectivity index (χ1v) is 22.1. The molecule has 1 aliphatic rings. The standard InChI is InChI=1S/C45H80O10/c1-3-5-7-9-11-13-15-17-19-21-23-25-27-29-31-33-40(47)52-36-38(37-53-45-44(51)43(50)42(49)39(35-46)55-45)54-41(48)34-32-30-28-26-24-22-20-18-16-14-12-10-8-6-4-2/h4,15,19,38-39,42-46,49-51H,2-3,5-14,16,18,20-37H2,1H3/t17?,38-,39-,42+,43?,44?,45-/m0/s1. The largest absolute Gasteiger partial charge is 0.462 e. The van der Waals surface area contributed by atoms with Crippen molar-refractivity contribution in [3.05, 3.63) is 30.5 Å². The summed E-state index contributed by atoms with van der Waals surface area (Å²) in [4.78, 5) is 25.3. The van der Waals surface area contributed by atoms with Crippen molar-refractivity contribution in [1.82, 2.24) is 0 Å². The number of ether oxygens (including phenoxy) is 4. The van der Waals surface area contributed by atoms with Crippen molar-refractivity contribution in [1.29, 1.82) is 0 Å². The Labute approximate surface area is 334 Å². The van der Waals surface area contributed by atoms with E-state index in [2.05, 4.69) is 31.4 Å². The molecule has 0 bridgehead atoms. The fourth-order valence-electron chi connectivity index (χ4n) is 6.67. The van der Waals surface area contributed by atoms with Gasteiger partial charge in [-0.3, -0.25) is 9.59 Å². The minimum atomic E-state index is -1.60. The predicted molar refractivity (Wildman–Crippen MR) is 218 cm³/mol. The molecule has 6 atom stereocenters. The highest BCUT2D eigenvalue weighted by Gasteiger charge is 2.44. The van der Waals surface area contributed by atoms with E-state index in [0.29, 0.717) is 12.8 Å².